The number of nitrogens with one attached hydrogen (secondary N) is 1. The molecule has 0 spiro atoms. The molecule has 0 bridgehead atoms. The molecule has 25 heavy (non-hydrogen) atoms. The van der Waals surface area contributed by atoms with E-state index in [0.29, 0.717) is 37.8 Å². The Morgan fingerprint density at radius 2 is 1.80 bits per heavy atom. The first-order valence-corrected chi connectivity index (χ1v) is 9.18. The summed E-state index contributed by atoms with van der Waals surface area (Å²) in [4.78, 5) is 28.6. The van der Waals surface area contributed by atoms with Crippen LogP contribution in [0.3, 0.4) is 0 Å². The highest BCUT2D eigenvalue weighted by Gasteiger charge is 2.28. The summed E-state index contributed by atoms with van der Waals surface area (Å²) in [5.41, 5.74) is 0.469. The Morgan fingerprint density at radius 1 is 1.08 bits per heavy atom. The van der Waals surface area contributed by atoms with Crippen molar-refractivity contribution in [1.82, 2.24) is 9.80 Å². The summed E-state index contributed by atoms with van der Waals surface area (Å²) in [5, 5.41) is 2.71. The third-order valence-electron chi connectivity index (χ3n) is 5.11. The van der Waals surface area contributed by atoms with Gasteiger partial charge in [-0.3, -0.25) is 14.5 Å². The van der Waals surface area contributed by atoms with Crippen molar-refractivity contribution >= 4 is 17.5 Å². The van der Waals surface area contributed by atoms with Crippen molar-refractivity contribution in [1.29, 1.82) is 0 Å². The van der Waals surface area contributed by atoms with Gasteiger partial charge in [0.1, 0.15) is 5.82 Å². The van der Waals surface area contributed by atoms with Gasteiger partial charge in [-0.25, -0.2) is 4.39 Å². The highest BCUT2D eigenvalue weighted by Crippen LogP contribution is 2.25. The van der Waals surface area contributed by atoms with Crippen LogP contribution in [0.4, 0.5) is 10.1 Å². The van der Waals surface area contributed by atoms with Crippen LogP contribution in [0, 0.1) is 11.7 Å². The number of carbonyl (C=O) groups is 2. The van der Waals surface area contributed by atoms with E-state index in [-0.39, 0.29) is 24.2 Å². The molecule has 6 heteroatoms. The molecule has 0 radical (unpaired) electrons. The van der Waals surface area contributed by atoms with Gasteiger partial charge in [-0.15, -0.1) is 0 Å². The van der Waals surface area contributed by atoms with Gasteiger partial charge in [0.25, 0.3) is 0 Å². The Balaban J connectivity index is 1.42. The summed E-state index contributed by atoms with van der Waals surface area (Å²) in [7, 11) is 0. The molecule has 2 aliphatic rings. The zero-order valence-corrected chi connectivity index (χ0v) is 14.5. The lowest BCUT2D eigenvalue weighted by atomic mass is 9.88. The molecular weight excluding hydrogens is 321 g/mol. The van der Waals surface area contributed by atoms with Crippen molar-refractivity contribution in [2.75, 3.05) is 38.0 Å². The van der Waals surface area contributed by atoms with Crippen LogP contribution in [0.2, 0.25) is 0 Å². The molecule has 3 rings (SSSR count). The van der Waals surface area contributed by atoms with Gasteiger partial charge in [-0.05, 0) is 31.0 Å². The van der Waals surface area contributed by atoms with Crippen LogP contribution in [0.15, 0.2) is 24.3 Å². The Morgan fingerprint density at radius 3 is 2.48 bits per heavy atom. The van der Waals surface area contributed by atoms with Crippen molar-refractivity contribution in [3.05, 3.63) is 30.1 Å². The van der Waals surface area contributed by atoms with Gasteiger partial charge in [0.05, 0.1) is 6.54 Å². The van der Waals surface area contributed by atoms with E-state index in [1.54, 1.807) is 12.1 Å². The van der Waals surface area contributed by atoms with Crippen LogP contribution in [-0.4, -0.2) is 54.3 Å². The van der Waals surface area contributed by atoms with Crippen LogP contribution < -0.4 is 5.32 Å². The summed E-state index contributed by atoms with van der Waals surface area (Å²) in [6.45, 7) is 3.04. The Labute approximate surface area is 148 Å². The smallest absolute Gasteiger partial charge is 0.238 e. The molecule has 0 unspecified atom stereocenters. The molecule has 1 aliphatic heterocycles. The third kappa shape index (κ3) is 5.01. The molecule has 136 valence electrons. The largest absolute Gasteiger partial charge is 0.340 e. The lowest BCUT2D eigenvalue weighted by Crippen LogP contribution is -2.52. The number of halogens is 1. The average Bonchev–Trinajstić information content (AvgIpc) is 2.62. The summed E-state index contributed by atoms with van der Waals surface area (Å²) in [6, 6.07) is 5.89. The predicted octanol–water partition coefficient (Wildman–Crippen LogP) is 2.49. The summed E-state index contributed by atoms with van der Waals surface area (Å²) < 4.78 is 13.1. The van der Waals surface area contributed by atoms with E-state index in [0.717, 1.165) is 25.7 Å². The molecule has 1 N–H and O–H groups in total. The molecule has 1 saturated carbocycles. The van der Waals surface area contributed by atoms with E-state index in [2.05, 4.69) is 5.32 Å². The number of carbonyl (C=O) groups excluding carboxylic acids is 2. The highest BCUT2D eigenvalue weighted by molar-refractivity contribution is 5.92. The SMILES string of the molecule is O=C(CN1CCN(C(=O)C2CCCCC2)CC1)Nc1cccc(F)c1. The first-order valence-electron chi connectivity index (χ1n) is 9.18. The molecule has 0 aromatic heterocycles. The number of hydrogen-bond donors (Lipinski definition) is 1. The van der Waals surface area contributed by atoms with Crippen molar-refractivity contribution in [3.8, 4) is 0 Å². The number of piperazine rings is 1. The van der Waals surface area contributed by atoms with Crippen LogP contribution in [-0.2, 0) is 9.59 Å². The minimum Gasteiger partial charge on any atom is -0.340 e. The monoisotopic (exact) mass is 347 g/mol. The lowest BCUT2D eigenvalue weighted by Gasteiger charge is -2.36. The molecule has 1 aromatic rings. The summed E-state index contributed by atoms with van der Waals surface area (Å²) in [6.07, 6.45) is 5.62. The minimum absolute atomic E-state index is 0.155. The molecule has 5 nitrogen and oxygen atoms in total. The maximum Gasteiger partial charge on any atom is 0.238 e. The molecular formula is C19H26FN3O2. The van der Waals surface area contributed by atoms with Gasteiger partial charge >= 0.3 is 0 Å². The second kappa shape index (κ2) is 8.43. The number of rotatable bonds is 4. The lowest BCUT2D eigenvalue weighted by molar-refractivity contribution is -0.138. The number of nitrogens with zero attached hydrogens (tertiary/aromatic N) is 2. The fraction of sp³-hybridized carbons (Fsp3) is 0.579. The van der Waals surface area contributed by atoms with E-state index >= 15 is 0 Å². The van der Waals surface area contributed by atoms with Crippen LogP contribution in [0.1, 0.15) is 32.1 Å². The average molecular weight is 347 g/mol. The molecule has 1 heterocycles. The zero-order valence-electron chi connectivity index (χ0n) is 14.5. The van der Waals surface area contributed by atoms with Gasteiger partial charge < -0.3 is 10.2 Å². The normalized spacial score (nSPS) is 19.6. The quantitative estimate of drug-likeness (QED) is 0.910. The van der Waals surface area contributed by atoms with Crippen molar-refractivity contribution in [2.24, 2.45) is 5.92 Å². The second-order valence-corrected chi connectivity index (χ2v) is 6.99. The van der Waals surface area contributed by atoms with Crippen molar-refractivity contribution in [2.45, 2.75) is 32.1 Å². The van der Waals surface area contributed by atoms with E-state index in [4.69, 9.17) is 0 Å². The number of anilines is 1. The van der Waals surface area contributed by atoms with Gasteiger partial charge in [0, 0.05) is 37.8 Å². The summed E-state index contributed by atoms with van der Waals surface area (Å²) in [5.74, 6) is -0.0227. The molecule has 0 atom stereocenters. The number of amides is 2. The molecule has 2 fully saturated rings. The van der Waals surface area contributed by atoms with Gasteiger partial charge in [0.15, 0.2) is 0 Å². The van der Waals surface area contributed by atoms with Gasteiger partial charge in [-0.1, -0.05) is 25.3 Å². The summed E-state index contributed by atoms with van der Waals surface area (Å²) >= 11 is 0. The first kappa shape index (κ1) is 17.9. The molecule has 1 aromatic carbocycles. The fourth-order valence-electron chi connectivity index (χ4n) is 3.70. The fourth-order valence-corrected chi connectivity index (χ4v) is 3.70. The van der Waals surface area contributed by atoms with Crippen molar-refractivity contribution in [3.63, 3.8) is 0 Å². The Kier molecular flexibility index (Phi) is 6.02. The molecule has 2 amide bonds. The number of benzene rings is 1. The van der Waals surface area contributed by atoms with Gasteiger partial charge in [-0.2, -0.15) is 0 Å². The zero-order chi connectivity index (χ0) is 17.6. The number of hydrogen-bond acceptors (Lipinski definition) is 3. The van der Waals surface area contributed by atoms with E-state index in [1.165, 1.54) is 18.6 Å². The van der Waals surface area contributed by atoms with Crippen LogP contribution in [0.25, 0.3) is 0 Å². The topological polar surface area (TPSA) is 52.7 Å². The minimum atomic E-state index is -0.368. The second-order valence-electron chi connectivity index (χ2n) is 6.99. The first-order chi connectivity index (χ1) is 12.1. The van der Waals surface area contributed by atoms with Crippen LogP contribution in [0.5, 0.6) is 0 Å². The maximum atomic E-state index is 13.1. The van der Waals surface area contributed by atoms with Crippen molar-refractivity contribution < 1.29 is 14.0 Å². The van der Waals surface area contributed by atoms with Crippen LogP contribution >= 0.6 is 0 Å². The molecule has 1 aliphatic carbocycles. The highest BCUT2D eigenvalue weighted by atomic mass is 19.1. The Bertz CT molecular complexity index is 608. The van der Waals surface area contributed by atoms with E-state index in [9.17, 15) is 14.0 Å². The van der Waals surface area contributed by atoms with E-state index < -0.39 is 0 Å². The predicted molar refractivity (Wildman–Crippen MR) is 94.6 cm³/mol. The standard InChI is InChI=1S/C19H26FN3O2/c20-16-7-4-8-17(13-16)21-18(24)14-22-9-11-23(12-10-22)19(25)15-5-2-1-3-6-15/h4,7-8,13,15H,1-3,5-6,9-12,14H2,(H,21,24). The van der Waals surface area contributed by atoms with Gasteiger partial charge in [0.2, 0.25) is 11.8 Å². The molecule has 1 saturated heterocycles. The van der Waals surface area contributed by atoms with E-state index in [1.807, 2.05) is 9.80 Å². The third-order valence-corrected chi connectivity index (χ3v) is 5.11. The maximum absolute atomic E-state index is 13.1. The Hall–Kier alpha value is -1.95.